The maximum Gasteiger partial charge on any atom is 0.338 e. The van der Waals surface area contributed by atoms with Crippen molar-refractivity contribution in [3.05, 3.63) is 201 Å². The van der Waals surface area contributed by atoms with Crippen LogP contribution in [-0.4, -0.2) is 156 Å². The van der Waals surface area contributed by atoms with E-state index in [2.05, 4.69) is 53.5 Å². The molecule has 3 saturated heterocycles. The number of aliphatic hydroxyl groups is 2. The summed E-state index contributed by atoms with van der Waals surface area (Å²) in [6, 6.07) is 32.7. The van der Waals surface area contributed by atoms with Gasteiger partial charge in [-0.1, -0.05) is 176 Å². The molecule has 3 heterocycles. The first-order valence-corrected chi connectivity index (χ1v) is 42.9. The van der Waals surface area contributed by atoms with Crippen LogP contribution in [0.25, 0.3) is 12.2 Å². The first-order chi connectivity index (χ1) is 50.9. The van der Waals surface area contributed by atoms with Gasteiger partial charge in [-0.15, -0.1) is 0 Å². The lowest BCUT2D eigenvalue weighted by Crippen LogP contribution is -2.46. The molecule has 18 nitrogen and oxygen atoms in total. The molecule has 0 aliphatic carbocycles. The zero-order chi connectivity index (χ0) is 80.7. The summed E-state index contributed by atoms with van der Waals surface area (Å²) in [5.41, 5.74) is 8.11. The van der Waals surface area contributed by atoms with Crippen LogP contribution in [0.15, 0.2) is 140 Å². The number of aryl methyl sites for hydroxylation is 4. The standard InChI is InChI=1S/C49H70O9Si2.C31H40O8.C4H8O.2CH4/c1-34-31-35(2)44(47(51)53-29-30-59(10,11)12)39(32-34)21-18-22-43-45(57-49(7,8)56-43)42(55-46(50)38-19-16-15-17-20-38)28-27-41(36(3)58-60(13,14)48(4,5)6)54-33-37-23-25-40(52-9)26-24-37;1-19-16-20(2)28(30(34)35)23(17-19)8-7-9-27-29(39-31(4,5)38-27)25(33)14-15-26(21(3)32)37-18-22-10-12-24(36-6)13-11-22;1-2-4-5-3-1;;/h15-21,23-28,31-32,36,41-43,45H,22,29-30,33H2,1-14H3;7-8,10-17,21,25-27,29,32-33H,9,18H2,1-6H3,(H,34,35);1-4H2;2*1H4/b21-18+,28-27-;8-7+,15-14-;;;/t36-,41+,42?,43-,45+;21-,25?,26+,27-,29+;;;/m00.../s1/i;;;2*1T. The van der Waals surface area contributed by atoms with Crippen LogP contribution in [0.5, 0.6) is 11.5 Å². The monoisotopic (exact) mass is 1510 g/mol. The highest BCUT2D eigenvalue weighted by Gasteiger charge is 2.47. The summed E-state index contributed by atoms with van der Waals surface area (Å²) < 4.78 is 83.6. The van der Waals surface area contributed by atoms with Crippen molar-refractivity contribution >= 4 is 46.5 Å². The average Bonchev–Trinajstić information content (AvgIpc) is 1.59. The number of carbonyl (C=O) groups excluding carboxylic acids is 2. The van der Waals surface area contributed by atoms with Crippen molar-refractivity contribution in [3.63, 3.8) is 0 Å². The second kappa shape index (κ2) is 42.2. The van der Waals surface area contributed by atoms with Crippen molar-refractivity contribution < 1.29 is 89.0 Å². The third-order valence-corrected chi connectivity index (χ3v) is 24.7. The Morgan fingerprint density at radius 3 is 1.57 bits per heavy atom. The van der Waals surface area contributed by atoms with E-state index in [-0.39, 0.29) is 29.3 Å². The number of carbonyl (C=O) groups is 3. The maximum atomic E-state index is 13.7. The third kappa shape index (κ3) is 29.3. The van der Waals surface area contributed by atoms with Crippen molar-refractivity contribution in [3.8, 4) is 11.5 Å². The smallest absolute Gasteiger partial charge is 0.338 e. The summed E-state index contributed by atoms with van der Waals surface area (Å²) in [4.78, 5) is 39.0. The third-order valence-electron chi connectivity index (χ3n) is 18.5. The number of benzene rings is 5. The van der Waals surface area contributed by atoms with Crippen LogP contribution in [0.3, 0.4) is 0 Å². The highest BCUT2D eigenvalue weighted by atomic mass is 28.4. The van der Waals surface area contributed by atoms with E-state index < -0.39 is 94.8 Å². The largest absolute Gasteiger partial charge is 0.497 e. The van der Waals surface area contributed by atoms with Crippen LogP contribution in [0, 0.1) is 27.7 Å². The molecule has 2 unspecified atom stereocenters. The summed E-state index contributed by atoms with van der Waals surface area (Å²) in [6.07, 6.45) is 11.4. The lowest BCUT2D eigenvalue weighted by Gasteiger charge is -2.40. The van der Waals surface area contributed by atoms with Crippen LogP contribution in [-0.2, 0) is 60.3 Å². The van der Waals surface area contributed by atoms with Gasteiger partial charge in [0, 0.05) is 24.0 Å². The molecule has 0 amide bonds. The quantitative estimate of drug-likeness (QED) is 0.0213. The second-order valence-electron chi connectivity index (χ2n) is 30.8. The Bertz CT molecular complexity index is 3640. The van der Waals surface area contributed by atoms with Gasteiger partial charge in [0.05, 0.1) is 75.1 Å². The fraction of sp³-hybridized carbons (Fsp3) is 0.523. The van der Waals surface area contributed by atoms with E-state index >= 15 is 0 Å². The number of carboxylic acid groups (broad SMARTS) is 1. The van der Waals surface area contributed by atoms with E-state index in [1.807, 2.05) is 151 Å². The van der Waals surface area contributed by atoms with Crippen molar-refractivity contribution in [2.24, 2.45) is 0 Å². The zero-order valence-corrected chi connectivity index (χ0v) is 69.2. The molecule has 3 aliphatic heterocycles. The van der Waals surface area contributed by atoms with Gasteiger partial charge in [-0.05, 0) is 195 Å². The average molecular weight is 1510 g/mol. The first kappa shape index (κ1) is 88.0. The van der Waals surface area contributed by atoms with Gasteiger partial charge in [0.1, 0.15) is 48.1 Å². The minimum absolute atomic E-state index is 0.0214. The highest BCUT2D eigenvalue weighted by molar-refractivity contribution is 6.76. The van der Waals surface area contributed by atoms with Crippen LogP contribution >= 0.6 is 0 Å². The molecule has 0 spiro atoms. The first-order valence-electron chi connectivity index (χ1n) is 38.3. The van der Waals surface area contributed by atoms with Crippen molar-refractivity contribution in [1.82, 2.24) is 0 Å². The van der Waals surface area contributed by atoms with Gasteiger partial charge in [0.2, 0.25) is 0 Å². The number of methoxy groups -OCH3 is 2. The molecule has 5 aromatic carbocycles. The summed E-state index contributed by atoms with van der Waals surface area (Å²) in [7, 11) is 2.16. The molecule has 0 bridgehead atoms. The summed E-state index contributed by atoms with van der Waals surface area (Å²) >= 11 is 0. The number of hydrogen-bond acceptors (Lipinski definition) is 17. The number of esters is 2. The topological polar surface area (TPSA) is 223 Å². The van der Waals surface area contributed by atoms with Gasteiger partial charge in [-0.25, -0.2) is 14.4 Å². The molecule has 20 heteroatoms. The number of rotatable bonds is 31. The molecule has 0 radical (unpaired) electrons. The Kier molecular flexibility index (Phi) is 35.0. The normalized spacial score (nSPS) is 19.7. The molecule has 3 N–H and O–H groups in total. The number of aromatic carboxylic acids is 1. The van der Waals surface area contributed by atoms with Crippen molar-refractivity contribution in [2.75, 3.05) is 34.0 Å². The van der Waals surface area contributed by atoms with E-state index in [4.69, 9.17) is 59.3 Å². The fourth-order valence-corrected chi connectivity index (χ4v) is 14.1. The van der Waals surface area contributed by atoms with E-state index in [1.54, 1.807) is 84.4 Å². The predicted molar refractivity (Wildman–Crippen MR) is 428 cm³/mol. The van der Waals surface area contributed by atoms with Gasteiger partial charge in [0.15, 0.2) is 19.9 Å². The maximum absolute atomic E-state index is 13.7. The number of hydrogen-bond donors (Lipinski definition) is 3. The van der Waals surface area contributed by atoms with E-state index in [1.165, 1.54) is 27.6 Å². The second-order valence-corrected chi connectivity index (χ2v) is 41.2. The molecule has 586 valence electrons. The van der Waals surface area contributed by atoms with Crippen molar-refractivity contribution in [2.45, 2.75) is 260 Å². The molecule has 10 atom stereocenters. The lowest BCUT2D eigenvalue weighted by atomic mass is 9.97. The molecular weight excluding hydrogens is 1380 g/mol. The van der Waals surface area contributed by atoms with Gasteiger partial charge in [-0.3, -0.25) is 0 Å². The summed E-state index contributed by atoms with van der Waals surface area (Å²) in [5, 5.41) is 30.8. The van der Waals surface area contributed by atoms with E-state index in [9.17, 15) is 29.7 Å². The molecule has 0 saturated carbocycles. The predicted octanol–water partition coefficient (Wildman–Crippen LogP) is 18.4. The SMILES string of the molecule is C1CCOC1.COc1ccc(CO[C@H](/C=C\C(O)[C@H]2OC(C)(C)O[C@H]2C/C=C/c2cc(C)cc(C)c2C(=O)O)[C@H](C)O)cc1.COc1ccc(CO[C@H](/C=C\C(OC(=O)c2ccccc2)[C@H]2OC(C)(C)O[C@H]2C/C=C/c2cc(C)cc(C)c2C(=O)OCC[Si](C)(C)C)[C@H](C)O[Si](C)(C)C(C)(C)C)cc1.[3H]C.[3H]C. The number of ether oxygens (including phenoxy) is 11. The van der Waals surface area contributed by atoms with Gasteiger partial charge >= 0.3 is 17.9 Å². The highest BCUT2D eigenvalue weighted by Crippen LogP contribution is 2.39. The lowest BCUT2D eigenvalue weighted by molar-refractivity contribution is -0.153. The van der Waals surface area contributed by atoms with Crippen LogP contribution in [0.1, 0.15) is 181 Å². The van der Waals surface area contributed by atoms with E-state index in [0.29, 0.717) is 48.3 Å². The Morgan fingerprint density at radius 2 is 1.10 bits per heavy atom. The Balaban J connectivity index is 0.000000438. The molecule has 5 aromatic rings. The molecule has 3 fully saturated rings. The van der Waals surface area contributed by atoms with Crippen molar-refractivity contribution in [1.29, 1.82) is 0 Å². The fourth-order valence-electron chi connectivity index (χ4n) is 12.0. The molecular formula is C86H126O18Si2. The number of aliphatic hydroxyl groups excluding tert-OH is 2. The van der Waals surface area contributed by atoms with Crippen LogP contribution < -0.4 is 9.47 Å². The molecule has 0 aromatic heterocycles. The van der Waals surface area contributed by atoms with E-state index in [0.717, 1.165) is 64.1 Å². The Labute approximate surface area is 638 Å². The summed E-state index contributed by atoms with van der Waals surface area (Å²) in [6.45, 7) is 39.5. The number of carboxylic acids is 1. The molecule has 106 heavy (non-hydrogen) atoms. The minimum Gasteiger partial charge on any atom is -0.497 e. The van der Waals surface area contributed by atoms with Crippen LogP contribution in [0.2, 0.25) is 43.8 Å². The zero-order valence-electron chi connectivity index (χ0n) is 69.2. The molecule has 3 aliphatic rings. The van der Waals surface area contributed by atoms with Gasteiger partial charge in [-0.2, -0.15) is 0 Å². The molecule has 8 rings (SSSR count). The Morgan fingerprint density at radius 1 is 0.632 bits per heavy atom. The Hall–Kier alpha value is -6.90. The summed E-state index contributed by atoms with van der Waals surface area (Å²) in [5.74, 6) is -2.14. The van der Waals surface area contributed by atoms with Crippen LogP contribution in [0.4, 0.5) is 0 Å². The minimum atomic E-state index is -2.21. The van der Waals surface area contributed by atoms with Gasteiger partial charge < -0.3 is 71.9 Å². The van der Waals surface area contributed by atoms with Gasteiger partial charge in [0.25, 0.3) is 0 Å².